The highest BCUT2D eigenvalue weighted by atomic mass is 32.2. The number of carbonyl (C=O) groups excluding carboxylic acids is 2. The highest BCUT2D eigenvalue weighted by Gasteiger charge is 2.33. The lowest BCUT2D eigenvalue weighted by Gasteiger charge is -2.23. The average molecular weight is 343 g/mol. The number of sulfonamides is 1. The number of nitrogens with zero attached hydrogens (tertiary/aromatic N) is 4. The van der Waals surface area contributed by atoms with Gasteiger partial charge >= 0.3 is 0 Å². The van der Waals surface area contributed by atoms with Crippen LogP contribution in [0.5, 0.6) is 0 Å². The Balaban J connectivity index is 2.27. The van der Waals surface area contributed by atoms with E-state index in [1.165, 1.54) is 27.1 Å². The van der Waals surface area contributed by atoms with Crippen molar-refractivity contribution in [2.24, 2.45) is 13.0 Å². The molecule has 23 heavy (non-hydrogen) atoms. The van der Waals surface area contributed by atoms with Crippen molar-refractivity contribution >= 4 is 21.8 Å². The van der Waals surface area contributed by atoms with Gasteiger partial charge in [-0.25, -0.2) is 8.42 Å². The molecular formula is C13H21N5O4S. The summed E-state index contributed by atoms with van der Waals surface area (Å²) < 4.78 is 26.4. The van der Waals surface area contributed by atoms with Gasteiger partial charge in [0, 0.05) is 46.5 Å². The minimum atomic E-state index is -3.44. The van der Waals surface area contributed by atoms with E-state index in [-0.39, 0.29) is 38.0 Å². The van der Waals surface area contributed by atoms with Gasteiger partial charge in [-0.05, 0) is 6.07 Å². The monoisotopic (exact) mass is 343 g/mol. The second-order valence-corrected chi connectivity index (χ2v) is 7.51. The van der Waals surface area contributed by atoms with Crippen LogP contribution >= 0.6 is 0 Å². The lowest BCUT2D eigenvalue weighted by atomic mass is 10.1. The van der Waals surface area contributed by atoms with Crippen LogP contribution in [0.4, 0.5) is 0 Å². The van der Waals surface area contributed by atoms with E-state index < -0.39 is 15.9 Å². The fourth-order valence-corrected chi connectivity index (χ4v) is 3.45. The van der Waals surface area contributed by atoms with Crippen LogP contribution in [0, 0.1) is 5.92 Å². The fraction of sp³-hybridized carbons (Fsp3) is 0.615. The maximum absolute atomic E-state index is 12.6. The molecule has 2 rings (SSSR count). The second-order valence-electron chi connectivity index (χ2n) is 5.52. The Bertz CT molecular complexity index is 699. The molecule has 1 atom stereocenters. The minimum Gasteiger partial charge on any atom is -0.359 e. The highest BCUT2D eigenvalue weighted by Crippen LogP contribution is 2.15. The van der Waals surface area contributed by atoms with Crippen molar-refractivity contribution in [3.63, 3.8) is 0 Å². The molecule has 0 radical (unpaired) electrons. The Labute approximate surface area is 135 Å². The number of hydrogen-bond acceptors (Lipinski definition) is 5. The zero-order valence-electron chi connectivity index (χ0n) is 13.4. The number of aryl methyl sites for hydroxylation is 1. The molecule has 2 heterocycles. The summed E-state index contributed by atoms with van der Waals surface area (Å²) in [4.78, 5) is 26.1. The van der Waals surface area contributed by atoms with Crippen molar-refractivity contribution in [2.75, 3.05) is 39.5 Å². The van der Waals surface area contributed by atoms with E-state index in [0.717, 1.165) is 6.26 Å². The molecule has 0 aromatic carbocycles. The van der Waals surface area contributed by atoms with Gasteiger partial charge in [0.05, 0.1) is 12.2 Å². The molecule has 1 aliphatic rings. The van der Waals surface area contributed by atoms with Crippen LogP contribution in [0.1, 0.15) is 10.5 Å². The Morgan fingerprint density at radius 3 is 2.52 bits per heavy atom. The summed E-state index contributed by atoms with van der Waals surface area (Å²) in [6.45, 7) is 0.615. The van der Waals surface area contributed by atoms with E-state index in [2.05, 4.69) is 10.4 Å². The number of carbonyl (C=O) groups is 2. The van der Waals surface area contributed by atoms with Crippen molar-refractivity contribution in [3.8, 4) is 0 Å². The predicted molar refractivity (Wildman–Crippen MR) is 83.1 cm³/mol. The molecule has 1 saturated heterocycles. The second kappa shape index (κ2) is 6.67. The standard InChI is InChI=1S/C13H21N5O4S/c1-14-12(19)10-8-17(6-7-18(9-10)23(3,21)22)13(20)11-4-5-15-16(11)2/h4-5,10H,6-9H2,1-3H3,(H,14,19)/t10-/m0/s1. The van der Waals surface area contributed by atoms with Gasteiger partial charge in [-0.1, -0.05) is 0 Å². The van der Waals surface area contributed by atoms with Crippen LogP contribution in [0.15, 0.2) is 12.3 Å². The van der Waals surface area contributed by atoms with E-state index >= 15 is 0 Å². The molecule has 0 saturated carbocycles. The van der Waals surface area contributed by atoms with Gasteiger partial charge in [-0.3, -0.25) is 14.3 Å². The third-order valence-corrected chi connectivity index (χ3v) is 5.17. The van der Waals surface area contributed by atoms with Gasteiger partial charge in [0.15, 0.2) is 0 Å². The predicted octanol–water partition coefficient (Wildman–Crippen LogP) is -1.50. The first kappa shape index (κ1) is 17.4. The summed E-state index contributed by atoms with van der Waals surface area (Å²) in [5.41, 5.74) is 0.397. The van der Waals surface area contributed by atoms with E-state index in [9.17, 15) is 18.0 Å². The van der Waals surface area contributed by atoms with Gasteiger partial charge in [0.2, 0.25) is 15.9 Å². The Morgan fingerprint density at radius 1 is 1.30 bits per heavy atom. The first-order valence-electron chi connectivity index (χ1n) is 7.18. The Morgan fingerprint density at radius 2 is 2.00 bits per heavy atom. The summed E-state index contributed by atoms with van der Waals surface area (Å²) in [6.07, 6.45) is 2.62. The number of hydrogen-bond donors (Lipinski definition) is 1. The SMILES string of the molecule is CNC(=O)[C@H]1CN(C(=O)c2ccnn2C)CCN(S(C)(=O)=O)C1. The molecule has 9 nitrogen and oxygen atoms in total. The molecule has 0 aliphatic carbocycles. The molecule has 10 heteroatoms. The lowest BCUT2D eigenvalue weighted by Crippen LogP contribution is -2.42. The first-order valence-corrected chi connectivity index (χ1v) is 9.03. The van der Waals surface area contributed by atoms with Gasteiger partial charge in [0.1, 0.15) is 5.69 Å². The Hall–Kier alpha value is -1.94. The maximum atomic E-state index is 12.6. The summed E-state index contributed by atoms with van der Waals surface area (Å²) in [7, 11) is -0.289. The number of aromatic nitrogens is 2. The smallest absolute Gasteiger partial charge is 0.272 e. The third kappa shape index (κ3) is 3.88. The molecule has 1 aromatic heterocycles. The van der Waals surface area contributed by atoms with Crippen LogP contribution in [-0.2, 0) is 21.9 Å². The van der Waals surface area contributed by atoms with Crippen molar-refractivity contribution < 1.29 is 18.0 Å². The molecule has 0 unspecified atom stereocenters. The normalized spacial score (nSPS) is 20.1. The van der Waals surface area contributed by atoms with Crippen LogP contribution in [0.2, 0.25) is 0 Å². The summed E-state index contributed by atoms with van der Waals surface area (Å²) in [6, 6.07) is 1.59. The summed E-state index contributed by atoms with van der Waals surface area (Å²) in [5.74, 6) is -1.17. The fourth-order valence-electron chi connectivity index (χ4n) is 2.59. The van der Waals surface area contributed by atoms with Crippen molar-refractivity contribution in [1.29, 1.82) is 0 Å². The summed E-state index contributed by atoms with van der Waals surface area (Å²) in [5, 5.41) is 6.49. The molecule has 0 spiro atoms. The molecular weight excluding hydrogens is 322 g/mol. The third-order valence-electron chi connectivity index (χ3n) is 3.90. The molecule has 1 N–H and O–H groups in total. The van der Waals surface area contributed by atoms with Gasteiger partial charge in [-0.15, -0.1) is 0 Å². The van der Waals surface area contributed by atoms with Gasteiger partial charge in [-0.2, -0.15) is 9.40 Å². The largest absolute Gasteiger partial charge is 0.359 e. The van der Waals surface area contributed by atoms with Crippen LogP contribution < -0.4 is 5.32 Å². The van der Waals surface area contributed by atoms with Crippen LogP contribution in [0.3, 0.4) is 0 Å². The molecule has 2 amide bonds. The molecule has 1 aromatic rings. The molecule has 0 bridgehead atoms. The van der Waals surface area contributed by atoms with Gasteiger partial charge in [0.25, 0.3) is 5.91 Å². The summed E-state index contributed by atoms with van der Waals surface area (Å²) >= 11 is 0. The molecule has 1 fully saturated rings. The zero-order valence-corrected chi connectivity index (χ0v) is 14.2. The quantitative estimate of drug-likeness (QED) is 0.719. The van der Waals surface area contributed by atoms with Gasteiger partial charge < -0.3 is 10.2 Å². The molecule has 1 aliphatic heterocycles. The molecule has 128 valence electrons. The lowest BCUT2D eigenvalue weighted by molar-refractivity contribution is -0.124. The first-order chi connectivity index (χ1) is 10.7. The van der Waals surface area contributed by atoms with E-state index in [0.29, 0.717) is 5.69 Å². The number of amides is 2. The van der Waals surface area contributed by atoms with E-state index in [1.54, 1.807) is 13.1 Å². The number of rotatable bonds is 3. The van der Waals surface area contributed by atoms with E-state index in [1.807, 2.05) is 0 Å². The zero-order chi connectivity index (χ0) is 17.2. The van der Waals surface area contributed by atoms with Crippen LogP contribution in [0.25, 0.3) is 0 Å². The van der Waals surface area contributed by atoms with E-state index in [4.69, 9.17) is 0 Å². The van der Waals surface area contributed by atoms with Crippen LogP contribution in [-0.4, -0.2) is 78.7 Å². The maximum Gasteiger partial charge on any atom is 0.272 e. The number of nitrogens with one attached hydrogen (secondary N) is 1. The van der Waals surface area contributed by atoms with Crippen molar-refractivity contribution in [1.82, 2.24) is 24.3 Å². The highest BCUT2D eigenvalue weighted by molar-refractivity contribution is 7.88. The Kier molecular flexibility index (Phi) is 5.05. The minimum absolute atomic E-state index is 0.0632. The average Bonchev–Trinajstić information content (AvgIpc) is 2.78. The van der Waals surface area contributed by atoms with Crippen molar-refractivity contribution in [2.45, 2.75) is 0 Å². The van der Waals surface area contributed by atoms with Crippen molar-refractivity contribution in [3.05, 3.63) is 18.0 Å². The topological polar surface area (TPSA) is 105 Å².